The average molecular weight is 917 g/mol. The molecule has 0 fully saturated rings. The Hall–Kier alpha value is -1.66. The maximum Gasteiger partial charge on any atom is 0.305 e. The van der Waals surface area contributed by atoms with E-state index >= 15 is 0 Å². The number of aliphatic hydroxyl groups excluding tert-OH is 2. The highest BCUT2D eigenvalue weighted by Crippen LogP contribution is 2.17. The maximum atomic E-state index is 12.4. The van der Waals surface area contributed by atoms with Crippen LogP contribution in [-0.4, -0.2) is 47.4 Å². The van der Waals surface area contributed by atoms with Gasteiger partial charge in [0.05, 0.1) is 25.4 Å². The van der Waals surface area contributed by atoms with Crippen molar-refractivity contribution in [3.63, 3.8) is 0 Å². The van der Waals surface area contributed by atoms with Crippen molar-refractivity contribution in [3.8, 4) is 0 Å². The molecule has 1 amide bonds. The Morgan fingerprint density at radius 1 is 0.431 bits per heavy atom. The number of amides is 1. The van der Waals surface area contributed by atoms with Gasteiger partial charge >= 0.3 is 5.97 Å². The van der Waals surface area contributed by atoms with Gasteiger partial charge in [-0.2, -0.15) is 0 Å². The summed E-state index contributed by atoms with van der Waals surface area (Å²) >= 11 is 0. The van der Waals surface area contributed by atoms with Crippen LogP contribution in [0.4, 0.5) is 0 Å². The van der Waals surface area contributed by atoms with Crippen molar-refractivity contribution in [2.45, 2.75) is 328 Å². The first-order chi connectivity index (χ1) is 32.0. The van der Waals surface area contributed by atoms with E-state index in [1.165, 1.54) is 231 Å². The largest absolute Gasteiger partial charge is 0.466 e. The Labute approximate surface area is 405 Å². The molecule has 0 aliphatic heterocycles. The van der Waals surface area contributed by atoms with E-state index in [1.807, 2.05) is 0 Å². The summed E-state index contributed by atoms with van der Waals surface area (Å²) in [6, 6.07) is -0.541. The average Bonchev–Trinajstić information content (AvgIpc) is 3.31. The van der Waals surface area contributed by atoms with E-state index in [1.54, 1.807) is 0 Å². The second kappa shape index (κ2) is 54.9. The molecular formula is C59H113NO5. The van der Waals surface area contributed by atoms with E-state index < -0.39 is 12.1 Å². The van der Waals surface area contributed by atoms with E-state index in [4.69, 9.17) is 4.74 Å². The van der Waals surface area contributed by atoms with Crippen LogP contribution in [0.5, 0.6) is 0 Å². The summed E-state index contributed by atoms with van der Waals surface area (Å²) in [5.74, 6) is -0.0379. The smallest absolute Gasteiger partial charge is 0.305 e. The van der Waals surface area contributed by atoms with E-state index in [0.717, 1.165) is 51.4 Å². The minimum Gasteiger partial charge on any atom is -0.466 e. The molecule has 0 heterocycles. The quantitative estimate of drug-likeness (QED) is 0.0321. The zero-order chi connectivity index (χ0) is 47.2. The first kappa shape index (κ1) is 63.3. The van der Waals surface area contributed by atoms with Crippen molar-refractivity contribution < 1.29 is 24.5 Å². The second-order valence-electron chi connectivity index (χ2n) is 20.0. The number of hydrogen-bond acceptors (Lipinski definition) is 5. The van der Waals surface area contributed by atoms with Gasteiger partial charge in [-0.15, -0.1) is 0 Å². The van der Waals surface area contributed by atoms with Gasteiger partial charge in [-0.25, -0.2) is 0 Å². The van der Waals surface area contributed by atoms with Gasteiger partial charge in [0.1, 0.15) is 0 Å². The van der Waals surface area contributed by atoms with Crippen LogP contribution in [0.15, 0.2) is 24.3 Å². The molecule has 2 atom stereocenters. The van der Waals surface area contributed by atoms with Crippen molar-refractivity contribution in [3.05, 3.63) is 24.3 Å². The molecule has 65 heavy (non-hydrogen) atoms. The number of esters is 1. The monoisotopic (exact) mass is 916 g/mol. The van der Waals surface area contributed by atoms with Gasteiger partial charge in [0.2, 0.25) is 5.91 Å². The van der Waals surface area contributed by atoms with Crippen LogP contribution >= 0.6 is 0 Å². The van der Waals surface area contributed by atoms with E-state index in [9.17, 15) is 19.8 Å². The first-order valence-corrected chi connectivity index (χ1v) is 29.1. The molecule has 6 nitrogen and oxygen atoms in total. The Balaban J connectivity index is 3.37. The van der Waals surface area contributed by atoms with E-state index in [2.05, 4.69) is 43.5 Å². The number of rotatable bonds is 54. The van der Waals surface area contributed by atoms with Crippen LogP contribution in [-0.2, 0) is 14.3 Å². The molecule has 0 aromatic heterocycles. The highest BCUT2D eigenvalue weighted by atomic mass is 16.5. The lowest BCUT2D eigenvalue weighted by atomic mass is 10.0. The lowest BCUT2D eigenvalue weighted by Crippen LogP contribution is -2.45. The summed E-state index contributed by atoms with van der Waals surface area (Å²) in [6.45, 7) is 4.92. The Morgan fingerprint density at radius 3 is 1.20 bits per heavy atom. The molecule has 0 spiro atoms. The van der Waals surface area contributed by atoms with Crippen LogP contribution in [0.25, 0.3) is 0 Å². The highest BCUT2D eigenvalue weighted by Gasteiger charge is 2.20. The lowest BCUT2D eigenvalue weighted by molar-refractivity contribution is -0.143. The second-order valence-corrected chi connectivity index (χ2v) is 20.0. The molecule has 0 bridgehead atoms. The Morgan fingerprint density at radius 2 is 0.769 bits per heavy atom. The molecule has 2 unspecified atom stereocenters. The van der Waals surface area contributed by atoms with Crippen molar-refractivity contribution in [2.75, 3.05) is 13.2 Å². The number of carbonyl (C=O) groups excluding carboxylic acids is 2. The molecule has 3 N–H and O–H groups in total. The SMILES string of the molecule is CCCCC/C=C\C/C=C\CCCCCCCC(=O)OCCCCCCCCCCCCCCCCCCCCCCCC(=O)NC(CO)C(O)CCCCCCCCCCCCCC. The van der Waals surface area contributed by atoms with E-state index in [0.29, 0.717) is 25.9 Å². The zero-order valence-corrected chi connectivity index (χ0v) is 43.7. The molecule has 6 heteroatoms. The number of hydrogen-bond donors (Lipinski definition) is 3. The number of carbonyl (C=O) groups is 2. The molecule has 0 radical (unpaired) electrons. The predicted molar refractivity (Wildman–Crippen MR) is 283 cm³/mol. The van der Waals surface area contributed by atoms with Crippen LogP contribution in [0, 0.1) is 0 Å². The fourth-order valence-electron chi connectivity index (χ4n) is 9.02. The van der Waals surface area contributed by atoms with Gasteiger partial charge in [0.25, 0.3) is 0 Å². The zero-order valence-electron chi connectivity index (χ0n) is 43.7. The summed E-state index contributed by atoms with van der Waals surface area (Å²) in [5.41, 5.74) is 0. The van der Waals surface area contributed by atoms with Crippen molar-refractivity contribution in [1.29, 1.82) is 0 Å². The minimum atomic E-state index is -0.664. The molecule has 384 valence electrons. The third kappa shape index (κ3) is 51.6. The normalized spacial score (nSPS) is 12.7. The lowest BCUT2D eigenvalue weighted by Gasteiger charge is -2.22. The molecule has 0 aliphatic carbocycles. The number of unbranched alkanes of at least 4 members (excludes halogenated alkanes) is 39. The third-order valence-electron chi connectivity index (χ3n) is 13.5. The number of ether oxygens (including phenoxy) is 1. The van der Waals surface area contributed by atoms with Gasteiger partial charge in [-0.3, -0.25) is 9.59 Å². The van der Waals surface area contributed by atoms with Gasteiger partial charge in [-0.1, -0.05) is 269 Å². The summed E-state index contributed by atoms with van der Waals surface area (Å²) in [7, 11) is 0. The summed E-state index contributed by atoms with van der Waals surface area (Å²) in [4.78, 5) is 24.5. The van der Waals surface area contributed by atoms with Gasteiger partial charge < -0.3 is 20.3 Å². The Kier molecular flexibility index (Phi) is 53.5. The first-order valence-electron chi connectivity index (χ1n) is 29.1. The molecule has 0 aromatic carbocycles. The summed E-state index contributed by atoms with van der Waals surface area (Å²) < 4.78 is 5.47. The molecule has 0 saturated carbocycles. The fourth-order valence-corrected chi connectivity index (χ4v) is 9.02. The molecule has 0 saturated heterocycles. The van der Waals surface area contributed by atoms with E-state index in [-0.39, 0.29) is 18.5 Å². The number of allylic oxidation sites excluding steroid dienone is 4. The predicted octanol–water partition coefficient (Wildman–Crippen LogP) is 17.9. The molecule has 0 rings (SSSR count). The van der Waals surface area contributed by atoms with Crippen LogP contribution in [0.2, 0.25) is 0 Å². The molecular weight excluding hydrogens is 803 g/mol. The Bertz CT molecular complexity index is 1010. The van der Waals surface area contributed by atoms with Crippen LogP contribution in [0.3, 0.4) is 0 Å². The van der Waals surface area contributed by atoms with Gasteiger partial charge in [0, 0.05) is 12.8 Å². The topological polar surface area (TPSA) is 95.9 Å². The van der Waals surface area contributed by atoms with Crippen molar-refractivity contribution >= 4 is 11.9 Å². The van der Waals surface area contributed by atoms with Gasteiger partial charge in [-0.05, 0) is 57.8 Å². The minimum absolute atomic E-state index is 0.00190. The summed E-state index contributed by atoms with van der Waals surface area (Å²) in [6.07, 6.45) is 66.0. The van der Waals surface area contributed by atoms with Gasteiger partial charge in [0.15, 0.2) is 0 Å². The molecule has 0 aromatic rings. The third-order valence-corrected chi connectivity index (χ3v) is 13.5. The summed E-state index contributed by atoms with van der Waals surface area (Å²) in [5, 5.41) is 23.2. The highest BCUT2D eigenvalue weighted by molar-refractivity contribution is 5.76. The fraction of sp³-hybridized carbons (Fsp3) is 0.898. The number of aliphatic hydroxyl groups is 2. The molecule has 0 aliphatic rings. The number of nitrogens with one attached hydrogen (secondary N) is 1. The van der Waals surface area contributed by atoms with Crippen LogP contribution in [0.1, 0.15) is 316 Å². The van der Waals surface area contributed by atoms with Crippen molar-refractivity contribution in [2.24, 2.45) is 0 Å². The van der Waals surface area contributed by atoms with Crippen LogP contribution < -0.4 is 5.32 Å². The maximum absolute atomic E-state index is 12.4. The standard InChI is InChI=1S/C59H113NO5/c1-3-5-7-9-11-13-15-17-25-29-33-37-41-45-49-53-59(64)65-54-50-46-42-38-34-30-27-24-22-20-18-19-21-23-26-28-32-36-40-44-48-52-58(63)60-56(55-61)57(62)51-47-43-39-35-31-16-14-12-10-8-6-4-2/h11,13,17,25,56-57,61-62H,3-10,12,14-16,18-24,26-55H2,1-2H3,(H,60,63)/b13-11-,25-17-. The van der Waals surface area contributed by atoms with Crippen molar-refractivity contribution in [1.82, 2.24) is 5.32 Å².